The number of carbonyl (C=O) groups excluding carboxylic acids is 1. The van der Waals surface area contributed by atoms with Gasteiger partial charge in [-0.2, -0.15) is 0 Å². The van der Waals surface area contributed by atoms with Gasteiger partial charge in [0.05, 0.1) is 10.4 Å². The van der Waals surface area contributed by atoms with E-state index < -0.39 is 12.5 Å². The van der Waals surface area contributed by atoms with Gasteiger partial charge in [-0.05, 0) is 30.7 Å². The van der Waals surface area contributed by atoms with E-state index in [9.17, 15) is 9.59 Å². The molecule has 1 aliphatic rings. The molecule has 1 aromatic heterocycles. The zero-order valence-electron chi connectivity index (χ0n) is 12.1. The average Bonchev–Trinajstić information content (AvgIpc) is 2.74. The topological polar surface area (TPSA) is 70.5 Å². The molecule has 1 aliphatic heterocycles. The number of pyridine rings is 1. The maximum absolute atomic E-state index is 12.2. The lowest BCUT2D eigenvalue weighted by atomic mass is 10.1. The first-order valence-electron chi connectivity index (χ1n) is 6.78. The molecule has 23 heavy (non-hydrogen) atoms. The van der Waals surface area contributed by atoms with Crippen molar-refractivity contribution in [2.24, 2.45) is 0 Å². The molecule has 0 aliphatic carbocycles. The van der Waals surface area contributed by atoms with Gasteiger partial charge < -0.3 is 5.11 Å². The second-order valence-corrected chi connectivity index (χ2v) is 6.74. The van der Waals surface area contributed by atoms with Gasteiger partial charge in [0.1, 0.15) is 10.9 Å². The van der Waals surface area contributed by atoms with Crippen molar-refractivity contribution < 1.29 is 14.7 Å². The number of hydrogen-bond donors (Lipinski definition) is 1. The van der Waals surface area contributed by atoms with Crippen LogP contribution in [0.3, 0.4) is 0 Å². The molecule has 0 radical (unpaired) electrons. The highest BCUT2D eigenvalue weighted by atomic mass is 32.2. The van der Waals surface area contributed by atoms with E-state index in [1.54, 1.807) is 6.08 Å². The van der Waals surface area contributed by atoms with Crippen molar-refractivity contribution in [1.82, 2.24) is 9.88 Å². The molecule has 7 heteroatoms. The van der Waals surface area contributed by atoms with Crippen LogP contribution in [0.1, 0.15) is 11.3 Å². The summed E-state index contributed by atoms with van der Waals surface area (Å²) in [6.07, 6.45) is 1.71. The molecule has 5 nitrogen and oxygen atoms in total. The molecular weight excluding hydrogens is 332 g/mol. The second-order valence-electron chi connectivity index (χ2n) is 5.07. The first-order valence-corrected chi connectivity index (χ1v) is 8.01. The summed E-state index contributed by atoms with van der Waals surface area (Å²) in [6.45, 7) is 1.50. The van der Waals surface area contributed by atoms with Gasteiger partial charge in [0.25, 0.3) is 5.91 Å². The summed E-state index contributed by atoms with van der Waals surface area (Å²) in [5.74, 6) is -1.47. The number of amides is 1. The van der Waals surface area contributed by atoms with Crippen molar-refractivity contribution in [1.29, 1.82) is 0 Å². The number of rotatable bonds is 3. The first kappa shape index (κ1) is 15.6. The van der Waals surface area contributed by atoms with Gasteiger partial charge in [0.2, 0.25) is 0 Å². The zero-order valence-corrected chi connectivity index (χ0v) is 13.8. The summed E-state index contributed by atoms with van der Waals surface area (Å²) in [7, 11) is 0. The Morgan fingerprint density at radius 1 is 1.39 bits per heavy atom. The quantitative estimate of drug-likeness (QED) is 0.682. The molecule has 0 atom stereocenters. The number of benzene rings is 1. The minimum absolute atomic E-state index is 0.262. The number of carboxylic acid groups (broad SMARTS) is 1. The number of thiocarbonyl (C=S) groups is 1. The van der Waals surface area contributed by atoms with Crippen molar-refractivity contribution in [3.63, 3.8) is 0 Å². The molecule has 0 saturated carbocycles. The first-order chi connectivity index (χ1) is 10.9. The summed E-state index contributed by atoms with van der Waals surface area (Å²) >= 11 is 6.19. The Morgan fingerprint density at radius 3 is 2.87 bits per heavy atom. The molecule has 2 heterocycles. The molecule has 0 unspecified atom stereocenters. The number of aliphatic carboxylic acids is 1. The fourth-order valence-electron chi connectivity index (χ4n) is 2.25. The minimum atomic E-state index is -1.09. The number of nitrogens with zero attached hydrogens (tertiary/aromatic N) is 2. The number of carboxylic acids is 1. The van der Waals surface area contributed by atoms with E-state index in [0.29, 0.717) is 4.91 Å². The Morgan fingerprint density at radius 2 is 2.13 bits per heavy atom. The van der Waals surface area contributed by atoms with Gasteiger partial charge >= 0.3 is 5.97 Å². The number of aryl methyl sites for hydroxylation is 1. The molecule has 0 spiro atoms. The number of carbonyl (C=O) groups is 2. The van der Waals surface area contributed by atoms with Crippen LogP contribution < -0.4 is 0 Å². The zero-order chi connectivity index (χ0) is 16.6. The standard InChI is InChI=1S/C16H12N2O3S2/c1-9-2-4-11-5-3-10(6-12(11)17-9)7-13-15(21)18(8-14(19)20)16(22)23-13/h2-7H,8H2,1H3,(H,19,20)/b13-7-. The van der Waals surface area contributed by atoms with Gasteiger partial charge in [-0.3, -0.25) is 19.5 Å². The Kier molecular flexibility index (Phi) is 4.14. The summed E-state index contributed by atoms with van der Waals surface area (Å²) in [6, 6.07) is 9.66. The molecule has 3 rings (SSSR count). The Bertz CT molecular complexity index is 877. The lowest BCUT2D eigenvalue weighted by Gasteiger charge is -2.10. The van der Waals surface area contributed by atoms with Crippen molar-refractivity contribution in [3.8, 4) is 0 Å². The largest absolute Gasteiger partial charge is 0.480 e. The van der Waals surface area contributed by atoms with Crippen LogP contribution in [0.25, 0.3) is 17.0 Å². The normalized spacial score (nSPS) is 16.6. The number of thioether (sulfide) groups is 1. The van der Waals surface area contributed by atoms with E-state index in [1.165, 1.54) is 0 Å². The second kappa shape index (κ2) is 6.10. The monoisotopic (exact) mass is 344 g/mol. The third kappa shape index (κ3) is 3.25. The molecule has 1 aromatic carbocycles. The predicted octanol–water partition coefficient (Wildman–Crippen LogP) is 2.83. The van der Waals surface area contributed by atoms with Gasteiger partial charge in [-0.25, -0.2) is 0 Å². The summed E-state index contributed by atoms with van der Waals surface area (Å²) < 4.78 is 0.262. The van der Waals surface area contributed by atoms with Crippen LogP contribution in [-0.4, -0.2) is 37.7 Å². The Labute approximate surface area is 142 Å². The van der Waals surface area contributed by atoms with Crippen LogP contribution in [0.5, 0.6) is 0 Å². The Hall–Kier alpha value is -2.25. The molecule has 1 saturated heterocycles. The van der Waals surface area contributed by atoms with E-state index >= 15 is 0 Å². The summed E-state index contributed by atoms with van der Waals surface area (Å²) in [4.78, 5) is 29.0. The number of fused-ring (bicyclic) bond motifs is 1. The highest BCUT2D eigenvalue weighted by Crippen LogP contribution is 2.32. The van der Waals surface area contributed by atoms with Gasteiger partial charge in [0, 0.05) is 11.1 Å². The third-order valence-electron chi connectivity index (χ3n) is 3.32. The van der Waals surface area contributed by atoms with Crippen molar-refractivity contribution in [2.75, 3.05) is 6.54 Å². The van der Waals surface area contributed by atoms with Crippen LogP contribution in [0, 0.1) is 6.92 Å². The summed E-state index contributed by atoms with van der Waals surface area (Å²) in [5, 5.41) is 9.86. The Balaban J connectivity index is 1.94. The van der Waals surface area contributed by atoms with Crippen LogP contribution in [0.4, 0.5) is 0 Å². The van der Waals surface area contributed by atoms with Crippen molar-refractivity contribution in [3.05, 3.63) is 46.5 Å². The van der Waals surface area contributed by atoms with Crippen LogP contribution in [-0.2, 0) is 9.59 Å². The maximum atomic E-state index is 12.2. The minimum Gasteiger partial charge on any atom is -0.480 e. The molecule has 0 bridgehead atoms. The maximum Gasteiger partial charge on any atom is 0.323 e. The van der Waals surface area contributed by atoms with Gasteiger partial charge in [0.15, 0.2) is 0 Å². The molecule has 116 valence electrons. The number of hydrogen-bond acceptors (Lipinski definition) is 5. The van der Waals surface area contributed by atoms with E-state index in [2.05, 4.69) is 4.98 Å². The van der Waals surface area contributed by atoms with Crippen molar-refractivity contribution >= 4 is 57.2 Å². The highest BCUT2D eigenvalue weighted by molar-refractivity contribution is 8.26. The predicted molar refractivity (Wildman–Crippen MR) is 94.0 cm³/mol. The van der Waals surface area contributed by atoms with Gasteiger partial charge in [-0.1, -0.05) is 42.2 Å². The molecule has 1 amide bonds. The fourth-order valence-corrected chi connectivity index (χ4v) is 3.50. The molecular formula is C16H12N2O3S2. The van der Waals surface area contributed by atoms with Crippen LogP contribution in [0.2, 0.25) is 0 Å². The molecule has 1 fully saturated rings. The molecule has 2 aromatic rings. The summed E-state index contributed by atoms with van der Waals surface area (Å²) in [5.41, 5.74) is 2.59. The van der Waals surface area contributed by atoms with E-state index in [4.69, 9.17) is 17.3 Å². The SMILES string of the molecule is Cc1ccc2ccc(/C=C3\SC(=S)N(CC(=O)O)C3=O)cc2n1. The van der Waals surface area contributed by atoms with E-state index in [1.807, 2.05) is 37.3 Å². The third-order valence-corrected chi connectivity index (χ3v) is 4.70. The fraction of sp³-hybridized carbons (Fsp3) is 0.125. The molecule has 1 N–H and O–H groups in total. The lowest BCUT2D eigenvalue weighted by Crippen LogP contribution is -2.33. The lowest BCUT2D eigenvalue weighted by molar-refractivity contribution is -0.140. The smallest absolute Gasteiger partial charge is 0.323 e. The van der Waals surface area contributed by atoms with Crippen LogP contribution in [0.15, 0.2) is 35.2 Å². The van der Waals surface area contributed by atoms with E-state index in [0.717, 1.165) is 38.8 Å². The van der Waals surface area contributed by atoms with E-state index in [-0.39, 0.29) is 10.2 Å². The highest BCUT2D eigenvalue weighted by Gasteiger charge is 2.33. The van der Waals surface area contributed by atoms with Crippen molar-refractivity contribution in [2.45, 2.75) is 6.92 Å². The van der Waals surface area contributed by atoms with Gasteiger partial charge in [-0.15, -0.1) is 0 Å². The average molecular weight is 344 g/mol. The number of aromatic nitrogens is 1. The van der Waals surface area contributed by atoms with Crippen LogP contribution >= 0.6 is 24.0 Å².